The maximum absolute atomic E-state index is 12.0. The molecule has 0 spiro atoms. The highest BCUT2D eigenvalue weighted by Crippen LogP contribution is 2.19. The van der Waals surface area contributed by atoms with Gasteiger partial charge in [-0.2, -0.15) is 0 Å². The van der Waals surface area contributed by atoms with Crippen molar-refractivity contribution in [3.8, 4) is 5.75 Å². The Morgan fingerprint density at radius 2 is 1.68 bits per heavy atom. The van der Waals surface area contributed by atoms with E-state index in [2.05, 4.69) is 6.92 Å². The van der Waals surface area contributed by atoms with E-state index in [0.717, 1.165) is 24.2 Å². The molecule has 0 aromatic heterocycles. The third kappa shape index (κ3) is 6.42. The van der Waals surface area contributed by atoms with Gasteiger partial charge in [0.05, 0.1) is 0 Å². The van der Waals surface area contributed by atoms with Crippen LogP contribution in [0.15, 0.2) is 24.3 Å². The van der Waals surface area contributed by atoms with Gasteiger partial charge in [-0.15, -0.1) is 0 Å². The molecular formula is C17H26O2. The van der Waals surface area contributed by atoms with E-state index < -0.39 is 0 Å². The van der Waals surface area contributed by atoms with E-state index in [0.29, 0.717) is 6.42 Å². The van der Waals surface area contributed by atoms with Crippen molar-refractivity contribution in [1.82, 2.24) is 0 Å². The van der Waals surface area contributed by atoms with E-state index in [1.165, 1.54) is 12.8 Å². The molecule has 1 aromatic carbocycles. The lowest BCUT2D eigenvalue weighted by molar-refractivity contribution is 0.0979. The number of carbonyl (C=O) groups is 1. The zero-order valence-electron chi connectivity index (χ0n) is 12.7. The maximum atomic E-state index is 12.0. The molecule has 0 aliphatic carbocycles. The molecule has 0 heterocycles. The van der Waals surface area contributed by atoms with Crippen LogP contribution in [-0.2, 0) is 0 Å². The van der Waals surface area contributed by atoms with Crippen LogP contribution in [0, 0.1) is 0 Å². The first kappa shape index (κ1) is 15.7. The molecule has 0 N–H and O–H groups in total. The van der Waals surface area contributed by atoms with Crippen molar-refractivity contribution in [2.75, 3.05) is 0 Å². The summed E-state index contributed by atoms with van der Waals surface area (Å²) in [6, 6.07) is 7.49. The smallest absolute Gasteiger partial charge is 0.162 e. The Balaban J connectivity index is 2.49. The summed E-state index contributed by atoms with van der Waals surface area (Å²) in [6.07, 6.45) is 5.21. The summed E-state index contributed by atoms with van der Waals surface area (Å²) in [5.74, 6) is 1.05. The fourth-order valence-electron chi connectivity index (χ4n) is 1.92. The first-order valence-electron chi connectivity index (χ1n) is 7.24. The summed E-state index contributed by atoms with van der Waals surface area (Å²) in [7, 11) is 0. The van der Waals surface area contributed by atoms with E-state index in [1.807, 2.05) is 45.0 Å². The van der Waals surface area contributed by atoms with Crippen molar-refractivity contribution in [3.05, 3.63) is 29.8 Å². The Kier molecular flexibility index (Phi) is 6.07. The maximum Gasteiger partial charge on any atom is 0.162 e. The first-order valence-corrected chi connectivity index (χ1v) is 7.24. The minimum atomic E-state index is -0.203. The number of hydrogen-bond donors (Lipinski definition) is 0. The molecule has 0 aliphatic rings. The second kappa shape index (κ2) is 7.32. The zero-order chi connectivity index (χ0) is 14.3. The lowest BCUT2D eigenvalue weighted by Gasteiger charge is -2.21. The predicted octanol–water partition coefficient (Wildman–Crippen LogP) is 5.02. The third-order valence-electron chi connectivity index (χ3n) is 2.86. The van der Waals surface area contributed by atoms with E-state index >= 15 is 0 Å². The summed E-state index contributed by atoms with van der Waals surface area (Å²) in [5, 5.41) is 0. The summed E-state index contributed by atoms with van der Waals surface area (Å²) < 4.78 is 5.74. The van der Waals surface area contributed by atoms with E-state index in [1.54, 1.807) is 0 Å². The summed E-state index contributed by atoms with van der Waals surface area (Å²) >= 11 is 0. The predicted molar refractivity (Wildman–Crippen MR) is 79.9 cm³/mol. The molecule has 0 bridgehead atoms. The number of unbranched alkanes of at least 4 members (excludes halogenated alkanes) is 3. The highest BCUT2D eigenvalue weighted by Gasteiger charge is 2.12. The number of carbonyl (C=O) groups excluding carboxylic acids is 1. The number of Topliss-reactive ketones (excluding diaryl/α,β-unsaturated/α-hetero) is 1. The number of rotatable bonds is 7. The summed E-state index contributed by atoms with van der Waals surface area (Å²) in [4.78, 5) is 12.0. The van der Waals surface area contributed by atoms with Gasteiger partial charge in [0.2, 0.25) is 0 Å². The molecule has 2 heteroatoms. The molecule has 0 radical (unpaired) electrons. The van der Waals surface area contributed by atoms with Crippen LogP contribution in [0.25, 0.3) is 0 Å². The van der Waals surface area contributed by atoms with Gasteiger partial charge in [-0.1, -0.05) is 26.2 Å². The molecule has 0 saturated carbocycles. The highest BCUT2D eigenvalue weighted by atomic mass is 16.5. The van der Waals surface area contributed by atoms with Crippen LogP contribution >= 0.6 is 0 Å². The molecule has 0 amide bonds. The summed E-state index contributed by atoms with van der Waals surface area (Å²) in [6.45, 7) is 8.22. The topological polar surface area (TPSA) is 26.3 Å². The van der Waals surface area contributed by atoms with Gasteiger partial charge in [0.25, 0.3) is 0 Å². The Morgan fingerprint density at radius 1 is 1.05 bits per heavy atom. The minimum Gasteiger partial charge on any atom is -0.488 e. The number of hydrogen-bond acceptors (Lipinski definition) is 2. The molecule has 0 saturated heterocycles. The molecule has 2 nitrogen and oxygen atoms in total. The van der Waals surface area contributed by atoms with Crippen LogP contribution in [0.4, 0.5) is 0 Å². The van der Waals surface area contributed by atoms with E-state index in [4.69, 9.17) is 4.74 Å². The zero-order valence-corrected chi connectivity index (χ0v) is 12.7. The third-order valence-corrected chi connectivity index (χ3v) is 2.86. The van der Waals surface area contributed by atoms with Crippen LogP contribution < -0.4 is 4.74 Å². The second-order valence-electron chi connectivity index (χ2n) is 5.97. The molecule has 1 rings (SSSR count). The minimum absolute atomic E-state index is 0.203. The van der Waals surface area contributed by atoms with Crippen molar-refractivity contribution < 1.29 is 9.53 Å². The molecule has 19 heavy (non-hydrogen) atoms. The van der Waals surface area contributed by atoms with Gasteiger partial charge in [-0.25, -0.2) is 0 Å². The largest absolute Gasteiger partial charge is 0.488 e. The van der Waals surface area contributed by atoms with Gasteiger partial charge in [-0.3, -0.25) is 4.79 Å². The average Bonchev–Trinajstić information content (AvgIpc) is 2.33. The number of benzene rings is 1. The lowest BCUT2D eigenvalue weighted by atomic mass is 10.0. The standard InChI is InChI=1S/C17H26O2/c1-5-6-7-8-9-16(18)14-10-12-15(13-11-14)19-17(2,3)4/h10-13H,5-9H2,1-4H3. The van der Waals surface area contributed by atoms with Crippen molar-refractivity contribution >= 4 is 5.78 Å². The Labute approximate surface area is 117 Å². The number of ether oxygens (including phenoxy) is 1. The molecule has 0 aliphatic heterocycles. The molecule has 106 valence electrons. The highest BCUT2D eigenvalue weighted by molar-refractivity contribution is 5.96. The average molecular weight is 262 g/mol. The van der Waals surface area contributed by atoms with E-state index in [-0.39, 0.29) is 11.4 Å². The monoisotopic (exact) mass is 262 g/mol. The van der Waals surface area contributed by atoms with Crippen molar-refractivity contribution in [2.45, 2.75) is 65.4 Å². The van der Waals surface area contributed by atoms with Crippen LogP contribution in [-0.4, -0.2) is 11.4 Å². The van der Waals surface area contributed by atoms with Gasteiger partial charge in [0, 0.05) is 12.0 Å². The molecule has 0 fully saturated rings. The van der Waals surface area contributed by atoms with Gasteiger partial charge < -0.3 is 4.74 Å². The second-order valence-corrected chi connectivity index (χ2v) is 5.97. The number of ketones is 1. The van der Waals surface area contributed by atoms with Crippen LogP contribution in [0.2, 0.25) is 0 Å². The molecule has 0 atom stereocenters. The first-order chi connectivity index (χ1) is 8.92. The molecule has 1 aromatic rings. The lowest BCUT2D eigenvalue weighted by Crippen LogP contribution is -2.22. The van der Waals surface area contributed by atoms with Gasteiger partial charge >= 0.3 is 0 Å². The Morgan fingerprint density at radius 3 is 2.21 bits per heavy atom. The molecule has 0 unspecified atom stereocenters. The van der Waals surface area contributed by atoms with Crippen molar-refractivity contribution in [2.24, 2.45) is 0 Å². The SMILES string of the molecule is CCCCCCC(=O)c1ccc(OC(C)(C)C)cc1. The van der Waals surface area contributed by atoms with Crippen molar-refractivity contribution in [3.63, 3.8) is 0 Å². The van der Waals surface area contributed by atoms with Crippen LogP contribution in [0.1, 0.15) is 70.2 Å². The van der Waals surface area contributed by atoms with E-state index in [9.17, 15) is 4.79 Å². The summed E-state index contributed by atoms with van der Waals surface area (Å²) in [5.41, 5.74) is 0.587. The Hall–Kier alpha value is -1.31. The fraction of sp³-hybridized carbons (Fsp3) is 0.588. The van der Waals surface area contributed by atoms with Crippen molar-refractivity contribution in [1.29, 1.82) is 0 Å². The van der Waals surface area contributed by atoms with Gasteiger partial charge in [-0.05, 0) is 51.5 Å². The van der Waals surface area contributed by atoms with Crippen LogP contribution in [0.3, 0.4) is 0 Å². The molecular weight excluding hydrogens is 236 g/mol. The Bertz CT molecular complexity index is 385. The quantitative estimate of drug-likeness (QED) is 0.509. The van der Waals surface area contributed by atoms with Crippen LogP contribution in [0.5, 0.6) is 5.75 Å². The van der Waals surface area contributed by atoms with Gasteiger partial charge in [0.1, 0.15) is 11.4 Å². The normalized spacial score (nSPS) is 11.4. The fourth-order valence-corrected chi connectivity index (χ4v) is 1.92. The van der Waals surface area contributed by atoms with Gasteiger partial charge in [0.15, 0.2) is 5.78 Å².